The summed E-state index contributed by atoms with van der Waals surface area (Å²) in [4.78, 5) is 24.7. The van der Waals surface area contributed by atoms with Gasteiger partial charge in [0.25, 0.3) is 0 Å². The maximum Gasteiger partial charge on any atom is 0.338 e. The predicted molar refractivity (Wildman–Crippen MR) is 171 cm³/mol. The first kappa shape index (κ1) is 35.5. The highest BCUT2D eigenvalue weighted by Crippen LogP contribution is 2.53. The molecule has 12 heteroatoms. The maximum atomic E-state index is 12.4. The molecule has 2 aromatic carbocycles. The number of carbonyl (C=O) groups is 2. The smallest absolute Gasteiger partial charge is 0.338 e. The Morgan fingerprint density at radius 2 is 1.07 bits per heavy atom. The third-order valence-electron chi connectivity index (χ3n) is 5.79. The molecule has 0 spiro atoms. The second kappa shape index (κ2) is 15.7. The molecule has 0 bridgehead atoms. The van der Waals surface area contributed by atoms with Gasteiger partial charge in [0.15, 0.2) is 11.5 Å². The molecule has 0 heterocycles. The number of esters is 2. The molecule has 0 radical (unpaired) electrons. The fourth-order valence-corrected chi connectivity index (χ4v) is 6.34. The van der Waals surface area contributed by atoms with Crippen molar-refractivity contribution >= 4 is 75.7 Å². The summed E-state index contributed by atoms with van der Waals surface area (Å²) in [6.45, 7) is 14.5. The molecular formula is C29H32Br4O8. The van der Waals surface area contributed by atoms with E-state index in [0.717, 1.165) is 0 Å². The van der Waals surface area contributed by atoms with E-state index in [1.807, 2.05) is 13.8 Å². The van der Waals surface area contributed by atoms with Gasteiger partial charge in [0.05, 0.1) is 22.2 Å². The number of hydrogen-bond acceptors (Lipinski definition) is 8. The normalized spacial score (nSPS) is 11.2. The SMILES string of the molecule is C=C(C)C(=O)Oc1c(Br)cc(C(C)(C)c2cc(Br)c(OC(=O)C(=C)C)c(Br)c2OCCCO)c(OCCCO)c1Br. The molecule has 41 heavy (non-hydrogen) atoms. The van der Waals surface area contributed by atoms with Gasteiger partial charge in [-0.25, -0.2) is 9.59 Å². The minimum absolute atomic E-state index is 0.0719. The molecule has 0 atom stereocenters. The van der Waals surface area contributed by atoms with Crippen LogP contribution in [-0.4, -0.2) is 48.6 Å². The second-order valence-electron chi connectivity index (χ2n) is 9.57. The fourth-order valence-electron chi connectivity index (χ4n) is 3.55. The molecule has 0 unspecified atom stereocenters. The number of aliphatic hydroxyl groups is 2. The van der Waals surface area contributed by atoms with E-state index in [2.05, 4.69) is 76.9 Å². The summed E-state index contributed by atoms with van der Waals surface area (Å²) < 4.78 is 25.2. The van der Waals surface area contributed by atoms with Crippen molar-refractivity contribution in [3.63, 3.8) is 0 Å². The molecule has 0 amide bonds. The Kier molecular flexibility index (Phi) is 13.6. The van der Waals surface area contributed by atoms with E-state index in [-0.39, 0.29) is 49.1 Å². The van der Waals surface area contributed by atoms with E-state index < -0.39 is 17.4 Å². The zero-order valence-corrected chi connectivity index (χ0v) is 29.5. The minimum atomic E-state index is -0.840. The van der Waals surface area contributed by atoms with Crippen molar-refractivity contribution in [3.8, 4) is 23.0 Å². The predicted octanol–water partition coefficient (Wildman–Crippen LogP) is 7.55. The van der Waals surface area contributed by atoms with Crippen LogP contribution in [0, 0.1) is 0 Å². The molecular weight excluding hydrogens is 796 g/mol. The lowest BCUT2D eigenvalue weighted by molar-refractivity contribution is -0.131. The topological polar surface area (TPSA) is 112 Å². The van der Waals surface area contributed by atoms with Crippen molar-refractivity contribution in [2.75, 3.05) is 26.4 Å². The minimum Gasteiger partial charge on any atom is -0.492 e. The Labute approximate surface area is 273 Å². The van der Waals surface area contributed by atoms with E-state index in [1.165, 1.54) is 0 Å². The molecule has 0 fully saturated rings. The van der Waals surface area contributed by atoms with Gasteiger partial charge in [-0.1, -0.05) is 27.0 Å². The van der Waals surface area contributed by atoms with Crippen molar-refractivity contribution < 1.29 is 38.7 Å². The monoisotopic (exact) mass is 824 g/mol. The van der Waals surface area contributed by atoms with Gasteiger partial charge >= 0.3 is 11.9 Å². The fraction of sp³-hybridized carbons (Fsp3) is 0.379. The van der Waals surface area contributed by atoms with E-state index >= 15 is 0 Å². The third kappa shape index (κ3) is 8.67. The zero-order chi connectivity index (χ0) is 31.1. The number of carbonyl (C=O) groups excluding carboxylic acids is 2. The van der Waals surface area contributed by atoms with E-state index in [9.17, 15) is 19.8 Å². The number of benzene rings is 2. The molecule has 2 N–H and O–H groups in total. The van der Waals surface area contributed by atoms with Crippen LogP contribution in [0.25, 0.3) is 0 Å². The first-order valence-corrected chi connectivity index (χ1v) is 15.6. The summed E-state index contributed by atoms with van der Waals surface area (Å²) in [6.07, 6.45) is 0.747. The lowest BCUT2D eigenvalue weighted by Gasteiger charge is -2.32. The van der Waals surface area contributed by atoms with Crippen molar-refractivity contribution in [1.29, 1.82) is 0 Å². The Morgan fingerprint density at radius 1 is 0.732 bits per heavy atom. The summed E-state index contributed by atoms with van der Waals surface area (Å²) in [6, 6.07) is 3.57. The summed E-state index contributed by atoms with van der Waals surface area (Å²) >= 11 is 14.2. The molecule has 2 aromatic rings. The molecule has 8 nitrogen and oxygen atoms in total. The van der Waals surface area contributed by atoms with Crippen LogP contribution < -0.4 is 18.9 Å². The van der Waals surface area contributed by atoms with Crippen LogP contribution in [-0.2, 0) is 15.0 Å². The zero-order valence-electron chi connectivity index (χ0n) is 23.2. The molecule has 0 saturated carbocycles. The molecule has 0 aromatic heterocycles. The van der Waals surface area contributed by atoms with Gasteiger partial charge in [0.1, 0.15) is 20.4 Å². The maximum absolute atomic E-state index is 12.4. The van der Waals surface area contributed by atoms with Crippen LogP contribution in [0.1, 0.15) is 51.7 Å². The molecule has 224 valence electrons. The quantitative estimate of drug-likeness (QED) is 0.0871. The summed E-state index contributed by atoms with van der Waals surface area (Å²) in [5, 5.41) is 18.7. The van der Waals surface area contributed by atoms with E-state index in [1.54, 1.807) is 26.0 Å². The van der Waals surface area contributed by atoms with Crippen LogP contribution in [0.3, 0.4) is 0 Å². The average Bonchev–Trinajstić information content (AvgIpc) is 2.90. The van der Waals surface area contributed by atoms with Crippen LogP contribution in [0.15, 0.2) is 54.3 Å². The van der Waals surface area contributed by atoms with Gasteiger partial charge in [0.2, 0.25) is 0 Å². The van der Waals surface area contributed by atoms with Gasteiger partial charge in [-0.2, -0.15) is 0 Å². The van der Waals surface area contributed by atoms with Crippen molar-refractivity contribution in [1.82, 2.24) is 0 Å². The third-order valence-corrected chi connectivity index (χ3v) is 8.41. The lowest BCUT2D eigenvalue weighted by Crippen LogP contribution is -2.23. The first-order valence-electron chi connectivity index (χ1n) is 12.5. The van der Waals surface area contributed by atoms with E-state index in [0.29, 0.717) is 53.4 Å². The van der Waals surface area contributed by atoms with Crippen LogP contribution in [0.2, 0.25) is 0 Å². The Hall–Kier alpha value is -1.70. The van der Waals surface area contributed by atoms with Gasteiger partial charge in [-0.15, -0.1) is 0 Å². The van der Waals surface area contributed by atoms with Crippen LogP contribution in [0.5, 0.6) is 23.0 Å². The Balaban J connectivity index is 2.84. The summed E-state index contributed by atoms with van der Waals surface area (Å²) in [7, 11) is 0. The van der Waals surface area contributed by atoms with Gasteiger partial charge in [-0.3, -0.25) is 0 Å². The van der Waals surface area contributed by atoms with Crippen molar-refractivity contribution in [2.24, 2.45) is 0 Å². The van der Waals surface area contributed by atoms with Crippen molar-refractivity contribution in [3.05, 3.63) is 65.5 Å². The van der Waals surface area contributed by atoms with Crippen LogP contribution >= 0.6 is 63.7 Å². The van der Waals surface area contributed by atoms with Gasteiger partial charge < -0.3 is 29.2 Å². The Bertz CT molecular complexity index is 1240. The van der Waals surface area contributed by atoms with Gasteiger partial charge in [0, 0.05) is 53.7 Å². The molecule has 2 rings (SSSR count). The van der Waals surface area contributed by atoms with E-state index in [4.69, 9.17) is 18.9 Å². The first-order chi connectivity index (χ1) is 19.2. The number of halogens is 4. The Morgan fingerprint density at radius 3 is 1.37 bits per heavy atom. The highest BCUT2D eigenvalue weighted by atomic mass is 79.9. The van der Waals surface area contributed by atoms with Gasteiger partial charge in [-0.05, 0) is 89.7 Å². The highest BCUT2D eigenvalue weighted by molar-refractivity contribution is 9.11. The van der Waals surface area contributed by atoms with Crippen LogP contribution in [0.4, 0.5) is 0 Å². The lowest BCUT2D eigenvalue weighted by atomic mass is 9.77. The standard InChI is InChI=1S/C29H32Br4O8/c1-15(2)27(36)40-25-19(30)13-17(23(21(25)32)38-11-7-9-34)29(5,6)18-14-20(31)26(41-28(37)16(3)4)22(33)24(18)39-12-8-10-35/h13-14,34-35H,1,3,7-12H2,2,4-6H3. The number of aliphatic hydroxyl groups excluding tert-OH is 2. The number of hydrogen-bond donors (Lipinski definition) is 2. The summed E-state index contributed by atoms with van der Waals surface area (Å²) in [5.74, 6) is -0.00938. The largest absolute Gasteiger partial charge is 0.492 e. The number of ether oxygens (including phenoxy) is 4. The average molecular weight is 828 g/mol. The molecule has 0 aliphatic heterocycles. The molecule has 0 saturated heterocycles. The summed E-state index contributed by atoms with van der Waals surface area (Å²) in [5.41, 5.74) is 0.974. The second-order valence-corrected chi connectivity index (χ2v) is 12.9. The van der Waals surface area contributed by atoms with Crippen molar-refractivity contribution in [2.45, 2.75) is 46.0 Å². The highest BCUT2D eigenvalue weighted by Gasteiger charge is 2.36. The number of rotatable bonds is 14. The molecule has 0 aliphatic carbocycles. The molecule has 0 aliphatic rings.